The largest absolute Gasteiger partial charge is 0.478 e. The van der Waals surface area contributed by atoms with Gasteiger partial charge in [0.05, 0.1) is 5.56 Å². The number of likely N-dealkylation sites (tertiary alicyclic amines) is 1. The lowest BCUT2D eigenvalue weighted by Gasteiger charge is -2.26. The first kappa shape index (κ1) is 14.0. The summed E-state index contributed by atoms with van der Waals surface area (Å²) in [4.78, 5) is 13.2. The quantitative estimate of drug-likeness (QED) is 0.903. The first-order valence-electron chi connectivity index (χ1n) is 5.80. The van der Waals surface area contributed by atoms with Gasteiger partial charge >= 0.3 is 5.97 Å². The van der Waals surface area contributed by atoms with Crippen molar-refractivity contribution in [2.45, 2.75) is 25.8 Å². The summed E-state index contributed by atoms with van der Waals surface area (Å²) in [7, 11) is 0. The second-order valence-electron chi connectivity index (χ2n) is 4.34. The Bertz CT molecular complexity index is 375. The molecule has 1 aromatic rings. The lowest BCUT2D eigenvalue weighted by atomic mass is 10.1. The minimum atomic E-state index is -0.847. The molecule has 0 unspecified atom stereocenters. The molecule has 0 bridgehead atoms. The first-order valence-corrected chi connectivity index (χ1v) is 5.80. The fourth-order valence-corrected chi connectivity index (χ4v) is 2.18. The normalized spacial score (nSPS) is 16.2. The van der Waals surface area contributed by atoms with E-state index in [1.807, 2.05) is 12.1 Å². The maximum atomic E-state index is 10.8. The number of carboxylic acids is 1. The van der Waals surface area contributed by atoms with E-state index in [4.69, 9.17) is 5.11 Å². The molecule has 1 aliphatic heterocycles. The van der Waals surface area contributed by atoms with Crippen LogP contribution in [0.3, 0.4) is 0 Å². The molecule has 0 atom stereocenters. The number of hydrogen-bond acceptors (Lipinski definition) is 2. The maximum Gasteiger partial charge on any atom is 0.335 e. The predicted octanol–water partition coefficient (Wildman–Crippen LogP) is 2.79. The van der Waals surface area contributed by atoms with Crippen LogP contribution in [-0.2, 0) is 6.54 Å². The van der Waals surface area contributed by atoms with Gasteiger partial charge in [0, 0.05) is 6.54 Å². The summed E-state index contributed by atoms with van der Waals surface area (Å²) in [6, 6.07) is 7.24. The molecule has 1 saturated heterocycles. The van der Waals surface area contributed by atoms with Gasteiger partial charge in [-0.15, -0.1) is 12.4 Å². The first-order chi connectivity index (χ1) is 7.75. The molecule has 1 N–H and O–H groups in total. The molecule has 1 fully saturated rings. The second-order valence-corrected chi connectivity index (χ2v) is 4.34. The Labute approximate surface area is 108 Å². The highest BCUT2D eigenvalue weighted by Gasteiger charge is 2.11. The van der Waals surface area contributed by atoms with Gasteiger partial charge in [-0.25, -0.2) is 4.79 Å². The Hall–Kier alpha value is -1.06. The Balaban J connectivity index is 0.00000144. The van der Waals surface area contributed by atoms with E-state index in [-0.39, 0.29) is 12.4 Å². The lowest BCUT2D eigenvalue weighted by molar-refractivity contribution is 0.0696. The molecule has 2 rings (SSSR count). The van der Waals surface area contributed by atoms with Crippen LogP contribution >= 0.6 is 12.4 Å². The van der Waals surface area contributed by atoms with Crippen molar-refractivity contribution in [2.24, 2.45) is 0 Å². The van der Waals surface area contributed by atoms with E-state index in [1.165, 1.54) is 19.3 Å². The summed E-state index contributed by atoms with van der Waals surface area (Å²) in [5.41, 5.74) is 1.48. The molecule has 0 aromatic heterocycles. The van der Waals surface area contributed by atoms with E-state index in [0.717, 1.165) is 25.2 Å². The molecule has 17 heavy (non-hydrogen) atoms. The highest BCUT2D eigenvalue weighted by molar-refractivity contribution is 5.87. The van der Waals surface area contributed by atoms with Gasteiger partial charge in [-0.05, 0) is 43.6 Å². The lowest BCUT2D eigenvalue weighted by Crippen LogP contribution is -2.29. The molecule has 1 aliphatic rings. The summed E-state index contributed by atoms with van der Waals surface area (Å²) in [5.74, 6) is -0.847. The average Bonchev–Trinajstić information content (AvgIpc) is 2.30. The fourth-order valence-electron chi connectivity index (χ4n) is 2.18. The third kappa shape index (κ3) is 4.02. The molecule has 3 nitrogen and oxygen atoms in total. The van der Waals surface area contributed by atoms with Crippen LogP contribution in [-0.4, -0.2) is 29.1 Å². The van der Waals surface area contributed by atoms with Crippen molar-refractivity contribution in [1.29, 1.82) is 0 Å². The third-order valence-electron chi connectivity index (χ3n) is 3.03. The minimum absolute atomic E-state index is 0. The number of halogens is 1. The summed E-state index contributed by atoms with van der Waals surface area (Å²) >= 11 is 0. The predicted molar refractivity (Wildman–Crippen MR) is 69.8 cm³/mol. The standard InChI is InChI=1S/C13H17NO2.ClH/c15-13(16)12-6-4-5-11(9-12)10-14-7-2-1-3-8-14;/h4-6,9H,1-3,7-8,10H2,(H,15,16);1H. The molecule has 1 aromatic carbocycles. The fraction of sp³-hybridized carbons (Fsp3) is 0.462. The summed E-state index contributed by atoms with van der Waals surface area (Å²) < 4.78 is 0. The topological polar surface area (TPSA) is 40.5 Å². The molecule has 1 heterocycles. The van der Waals surface area contributed by atoms with E-state index < -0.39 is 5.97 Å². The summed E-state index contributed by atoms with van der Waals surface area (Å²) in [6.45, 7) is 3.15. The van der Waals surface area contributed by atoms with Crippen molar-refractivity contribution < 1.29 is 9.90 Å². The van der Waals surface area contributed by atoms with E-state index in [2.05, 4.69) is 4.90 Å². The van der Waals surface area contributed by atoms with E-state index in [1.54, 1.807) is 12.1 Å². The third-order valence-corrected chi connectivity index (χ3v) is 3.03. The average molecular weight is 256 g/mol. The molecular formula is C13H18ClNO2. The van der Waals surface area contributed by atoms with Crippen LogP contribution in [0.1, 0.15) is 35.2 Å². The zero-order valence-electron chi connectivity index (χ0n) is 9.76. The zero-order chi connectivity index (χ0) is 11.4. The van der Waals surface area contributed by atoms with Gasteiger partial charge in [-0.3, -0.25) is 4.90 Å². The highest BCUT2D eigenvalue weighted by atomic mass is 35.5. The monoisotopic (exact) mass is 255 g/mol. The molecule has 0 amide bonds. The maximum absolute atomic E-state index is 10.8. The number of nitrogens with zero attached hydrogens (tertiary/aromatic N) is 1. The molecule has 4 heteroatoms. The van der Waals surface area contributed by atoms with E-state index in [9.17, 15) is 4.79 Å². The van der Waals surface area contributed by atoms with Crippen molar-refractivity contribution in [3.8, 4) is 0 Å². The van der Waals surface area contributed by atoms with Gasteiger partial charge < -0.3 is 5.11 Å². The summed E-state index contributed by atoms with van der Waals surface area (Å²) in [5, 5.41) is 8.90. The molecule has 0 saturated carbocycles. The Morgan fingerprint density at radius 3 is 2.59 bits per heavy atom. The molecular weight excluding hydrogens is 238 g/mol. The zero-order valence-corrected chi connectivity index (χ0v) is 10.6. The van der Waals surface area contributed by atoms with Gasteiger partial charge in [0.1, 0.15) is 0 Å². The Morgan fingerprint density at radius 2 is 1.94 bits per heavy atom. The van der Waals surface area contributed by atoms with Crippen molar-refractivity contribution in [3.63, 3.8) is 0 Å². The second kappa shape index (κ2) is 6.62. The van der Waals surface area contributed by atoms with Gasteiger partial charge in [-0.1, -0.05) is 18.6 Å². The van der Waals surface area contributed by atoms with Gasteiger partial charge in [-0.2, -0.15) is 0 Å². The van der Waals surface area contributed by atoms with Crippen LogP contribution < -0.4 is 0 Å². The number of piperidine rings is 1. The van der Waals surface area contributed by atoms with Gasteiger partial charge in [0.25, 0.3) is 0 Å². The van der Waals surface area contributed by atoms with Crippen LogP contribution in [0, 0.1) is 0 Å². The van der Waals surface area contributed by atoms with Gasteiger partial charge in [0.15, 0.2) is 0 Å². The summed E-state index contributed by atoms with van der Waals surface area (Å²) in [6.07, 6.45) is 3.85. The van der Waals surface area contributed by atoms with Crippen molar-refractivity contribution in [3.05, 3.63) is 35.4 Å². The molecule has 0 radical (unpaired) electrons. The number of benzene rings is 1. The van der Waals surface area contributed by atoms with Crippen LogP contribution in [0.4, 0.5) is 0 Å². The van der Waals surface area contributed by atoms with E-state index >= 15 is 0 Å². The number of hydrogen-bond donors (Lipinski definition) is 1. The molecule has 0 aliphatic carbocycles. The Morgan fingerprint density at radius 1 is 1.24 bits per heavy atom. The number of carbonyl (C=O) groups is 1. The molecule has 94 valence electrons. The van der Waals surface area contributed by atoms with Gasteiger partial charge in [0.2, 0.25) is 0 Å². The Kier molecular flexibility index (Phi) is 5.45. The number of aromatic carboxylic acids is 1. The minimum Gasteiger partial charge on any atom is -0.478 e. The van der Waals surface area contributed by atoms with Crippen LogP contribution in [0.15, 0.2) is 24.3 Å². The van der Waals surface area contributed by atoms with Crippen LogP contribution in [0.5, 0.6) is 0 Å². The SMILES string of the molecule is Cl.O=C(O)c1cccc(CN2CCCCC2)c1. The van der Waals surface area contributed by atoms with Crippen LogP contribution in [0.2, 0.25) is 0 Å². The highest BCUT2D eigenvalue weighted by Crippen LogP contribution is 2.13. The molecule has 0 spiro atoms. The van der Waals surface area contributed by atoms with Crippen molar-refractivity contribution in [1.82, 2.24) is 4.90 Å². The number of rotatable bonds is 3. The van der Waals surface area contributed by atoms with Crippen molar-refractivity contribution >= 4 is 18.4 Å². The smallest absolute Gasteiger partial charge is 0.335 e. The van der Waals surface area contributed by atoms with Crippen LogP contribution in [0.25, 0.3) is 0 Å². The van der Waals surface area contributed by atoms with Crippen molar-refractivity contribution in [2.75, 3.05) is 13.1 Å². The number of carboxylic acid groups (broad SMARTS) is 1. The van der Waals surface area contributed by atoms with E-state index in [0.29, 0.717) is 5.56 Å².